The highest BCUT2D eigenvalue weighted by molar-refractivity contribution is 5.83. The number of benzene rings is 1. The number of carbonyl (C=O) groups excluding carboxylic acids is 1. The SMILES string of the molecule is C=C(C)NC(=O)C1CC2CCCCC2CN1CC(O)C(N)Cc1ccccc1. The Kier molecular flexibility index (Phi) is 7.27. The number of hydrogen-bond donors (Lipinski definition) is 3. The molecule has 0 bridgehead atoms. The number of rotatable bonds is 7. The summed E-state index contributed by atoms with van der Waals surface area (Å²) in [5.41, 5.74) is 8.09. The molecule has 0 spiro atoms. The maximum absolute atomic E-state index is 12.8. The number of aliphatic hydroxyl groups excluding tert-OH is 1. The van der Waals surface area contributed by atoms with Crippen molar-refractivity contribution in [1.82, 2.24) is 10.2 Å². The van der Waals surface area contributed by atoms with Gasteiger partial charge in [0, 0.05) is 24.8 Å². The molecule has 1 heterocycles. The first-order valence-electron chi connectivity index (χ1n) is 10.6. The van der Waals surface area contributed by atoms with Crippen LogP contribution in [0.5, 0.6) is 0 Å². The molecule has 2 fully saturated rings. The van der Waals surface area contributed by atoms with E-state index in [1.54, 1.807) is 6.92 Å². The van der Waals surface area contributed by atoms with E-state index in [1.807, 2.05) is 30.3 Å². The molecule has 1 aliphatic heterocycles. The fourth-order valence-corrected chi connectivity index (χ4v) is 4.87. The minimum Gasteiger partial charge on any atom is -0.390 e. The quantitative estimate of drug-likeness (QED) is 0.674. The van der Waals surface area contributed by atoms with E-state index in [0.29, 0.717) is 30.5 Å². The summed E-state index contributed by atoms with van der Waals surface area (Å²) < 4.78 is 0. The Morgan fingerprint density at radius 2 is 1.96 bits per heavy atom. The van der Waals surface area contributed by atoms with Crippen LogP contribution in [0.3, 0.4) is 0 Å². The van der Waals surface area contributed by atoms with Crippen LogP contribution in [-0.4, -0.2) is 47.2 Å². The second-order valence-electron chi connectivity index (χ2n) is 8.70. The van der Waals surface area contributed by atoms with Crippen LogP contribution in [-0.2, 0) is 11.2 Å². The number of carbonyl (C=O) groups is 1. The maximum Gasteiger partial charge on any atom is 0.241 e. The first-order chi connectivity index (χ1) is 13.4. The third-order valence-corrected chi connectivity index (χ3v) is 6.37. The predicted octanol–water partition coefficient (Wildman–Crippen LogP) is 2.45. The number of nitrogens with one attached hydrogen (secondary N) is 1. The van der Waals surface area contributed by atoms with E-state index in [9.17, 15) is 9.90 Å². The molecule has 3 rings (SSSR count). The summed E-state index contributed by atoms with van der Waals surface area (Å²) in [6.45, 7) is 6.92. The molecule has 154 valence electrons. The van der Waals surface area contributed by atoms with Crippen molar-refractivity contribution in [1.29, 1.82) is 0 Å². The largest absolute Gasteiger partial charge is 0.390 e. The number of piperidine rings is 1. The first-order valence-corrected chi connectivity index (χ1v) is 10.6. The number of allylic oxidation sites excluding steroid dienone is 1. The molecule has 0 aromatic heterocycles. The monoisotopic (exact) mass is 385 g/mol. The van der Waals surface area contributed by atoms with Crippen molar-refractivity contribution in [3.05, 3.63) is 48.2 Å². The van der Waals surface area contributed by atoms with Gasteiger partial charge in [0.2, 0.25) is 5.91 Å². The van der Waals surface area contributed by atoms with Gasteiger partial charge < -0.3 is 16.2 Å². The average molecular weight is 386 g/mol. The molecule has 5 unspecified atom stereocenters. The van der Waals surface area contributed by atoms with Crippen LogP contribution >= 0.6 is 0 Å². The van der Waals surface area contributed by atoms with Gasteiger partial charge in [0.1, 0.15) is 0 Å². The fourth-order valence-electron chi connectivity index (χ4n) is 4.87. The van der Waals surface area contributed by atoms with Gasteiger partial charge in [-0.25, -0.2) is 0 Å². The van der Waals surface area contributed by atoms with Gasteiger partial charge in [0.05, 0.1) is 12.1 Å². The van der Waals surface area contributed by atoms with Crippen molar-refractivity contribution in [3.8, 4) is 0 Å². The van der Waals surface area contributed by atoms with Crippen molar-refractivity contribution in [2.45, 2.75) is 63.6 Å². The molecule has 1 aliphatic carbocycles. The summed E-state index contributed by atoms with van der Waals surface area (Å²) in [5.74, 6) is 1.24. The van der Waals surface area contributed by atoms with Crippen molar-refractivity contribution in [3.63, 3.8) is 0 Å². The van der Waals surface area contributed by atoms with Crippen LogP contribution < -0.4 is 11.1 Å². The van der Waals surface area contributed by atoms with E-state index in [-0.39, 0.29) is 18.0 Å². The predicted molar refractivity (Wildman–Crippen MR) is 113 cm³/mol. The third-order valence-electron chi connectivity index (χ3n) is 6.37. The van der Waals surface area contributed by atoms with Crippen LogP contribution in [0.2, 0.25) is 0 Å². The van der Waals surface area contributed by atoms with Crippen LogP contribution in [0, 0.1) is 11.8 Å². The van der Waals surface area contributed by atoms with Gasteiger partial charge in [-0.2, -0.15) is 0 Å². The standard InChI is InChI=1S/C23H35N3O2/c1-16(2)25-23(28)21-13-18-10-6-7-11-19(18)14-26(21)15-22(27)20(24)12-17-8-4-3-5-9-17/h3-5,8-9,18-22,27H,1,6-7,10-15,24H2,2H3,(H,25,28). The zero-order valence-electron chi connectivity index (χ0n) is 17.0. The van der Waals surface area contributed by atoms with Gasteiger partial charge >= 0.3 is 0 Å². The summed E-state index contributed by atoms with van der Waals surface area (Å²) >= 11 is 0. The Morgan fingerprint density at radius 1 is 1.29 bits per heavy atom. The molecule has 1 aromatic carbocycles. The average Bonchev–Trinajstić information content (AvgIpc) is 2.67. The molecule has 28 heavy (non-hydrogen) atoms. The molecule has 5 atom stereocenters. The second-order valence-corrected chi connectivity index (χ2v) is 8.70. The molecular weight excluding hydrogens is 350 g/mol. The number of aliphatic hydroxyl groups is 1. The fraction of sp³-hybridized carbons (Fsp3) is 0.609. The Labute approximate surface area is 169 Å². The molecule has 5 nitrogen and oxygen atoms in total. The highest BCUT2D eigenvalue weighted by Gasteiger charge is 2.40. The molecule has 5 heteroatoms. The third kappa shape index (κ3) is 5.43. The summed E-state index contributed by atoms with van der Waals surface area (Å²) in [5, 5.41) is 13.7. The van der Waals surface area contributed by atoms with Gasteiger partial charge in [-0.1, -0.05) is 56.2 Å². The number of hydrogen-bond acceptors (Lipinski definition) is 4. The summed E-state index contributed by atoms with van der Waals surface area (Å²) in [7, 11) is 0. The van der Waals surface area contributed by atoms with Gasteiger partial charge in [-0.05, 0) is 43.6 Å². The van der Waals surface area contributed by atoms with E-state index < -0.39 is 6.10 Å². The molecular formula is C23H35N3O2. The smallest absolute Gasteiger partial charge is 0.241 e. The molecule has 1 aromatic rings. The van der Waals surface area contributed by atoms with Crippen molar-refractivity contribution < 1.29 is 9.90 Å². The summed E-state index contributed by atoms with van der Waals surface area (Å²) in [6.07, 6.45) is 5.80. The van der Waals surface area contributed by atoms with E-state index in [0.717, 1.165) is 18.5 Å². The van der Waals surface area contributed by atoms with Gasteiger partial charge in [0.25, 0.3) is 0 Å². The van der Waals surface area contributed by atoms with Crippen LogP contribution in [0.15, 0.2) is 42.6 Å². The highest BCUT2D eigenvalue weighted by Crippen LogP contribution is 2.38. The van der Waals surface area contributed by atoms with Gasteiger partial charge in [-0.3, -0.25) is 9.69 Å². The van der Waals surface area contributed by atoms with Crippen molar-refractivity contribution in [2.24, 2.45) is 17.6 Å². The lowest BCUT2D eigenvalue weighted by atomic mass is 9.72. The molecule has 1 saturated heterocycles. The number of fused-ring (bicyclic) bond motifs is 1. The van der Waals surface area contributed by atoms with Crippen LogP contribution in [0.25, 0.3) is 0 Å². The van der Waals surface area contributed by atoms with E-state index in [2.05, 4.69) is 16.8 Å². The number of likely N-dealkylation sites (tertiary alicyclic amines) is 1. The number of amides is 1. The van der Waals surface area contributed by atoms with Gasteiger partial charge in [-0.15, -0.1) is 0 Å². The van der Waals surface area contributed by atoms with Crippen LogP contribution in [0.1, 0.15) is 44.6 Å². The lowest BCUT2D eigenvalue weighted by molar-refractivity contribution is -0.130. The molecule has 0 radical (unpaired) electrons. The van der Waals surface area contributed by atoms with E-state index in [1.165, 1.54) is 25.7 Å². The molecule has 1 amide bonds. The number of nitrogens with two attached hydrogens (primary N) is 1. The summed E-state index contributed by atoms with van der Waals surface area (Å²) in [6, 6.07) is 9.45. The van der Waals surface area contributed by atoms with Crippen LogP contribution in [0.4, 0.5) is 0 Å². The van der Waals surface area contributed by atoms with E-state index in [4.69, 9.17) is 5.73 Å². The zero-order valence-corrected chi connectivity index (χ0v) is 17.0. The van der Waals surface area contributed by atoms with E-state index >= 15 is 0 Å². The van der Waals surface area contributed by atoms with Crippen molar-refractivity contribution >= 4 is 5.91 Å². The molecule has 2 aliphatic rings. The topological polar surface area (TPSA) is 78.6 Å². The zero-order chi connectivity index (χ0) is 20.1. The summed E-state index contributed by atoms with van der Waals surface area (Å²) in [4.78, 5) is 15.0. The lowest BCUT2D eigenvalue weighted by Gasteiger charge is -2.46. The molecule has 1 saturated carbocycles. The molecule has 4 N–H and O–H groups in total. The number of β-amino-alcohol motifs (C(OH)–C–C–N with tert-alkyl or cyclic N) is 1. The number of nitrogens with zero attached hydrogens (tertiary/aromatic N) is 1. The lowest BCUT2D eigenvalue weighted by Crippen LogP contribution is -2.57. The Bertz CT molecular complexity index is 663. The Balaban J connectivity index is 1.66. The Morgan fingerprint density at radius 3 is 2.64 bits per heavy atom. The Hall–Kier alpha value is -1.69. The van der Waals surface area contributed by atoms with Crippen molar-refractivity contribution in [2.75, 3.05) is 13.1 Å². The first kappa shape index (κ1) is 21.0. The maximum atomic E-state index is 12.8. The van der Waals surface area contributed by atoms with Gasteiger partial charge in [0.15, 0.2) is 0 Å². The normalized spacial score (nSPS) is 27.5. The second kappa shape index (κ2) is 9.68. The minimum atomic E-state index is -0.666. The highest BCUT2D eigenvalue weighted by atomic mass is 16.3. The minimum absolute atomic E-state index is 0.000328.